The number of hydrogen-bond acceptors (Lipinski definition) is 7. The Kier molecular flexibility index (Phi) is 4.23. The summed E-state index contributed by atoms with van der Waals surface area (Å²) < 4.78 is 6.70. The van der Waals surface area contributed by atoms with E-state index in [1.54, 1.807) is 0 Å². The number of nitrogens with one attached hydrogen (secondary N) is 1. The average molecular weight is 324 g/mol. The molecule has 20 heavy (non-hydrogen) atoms. The molecule has 108 valence electrons. The van der Waals surface area contributed by atoms with Gasteiger partial charge in [0.25, 0.3) is 5.56 Å². The first-order valence-corrected chi connectivity index (χ1v) is 5.66. The van der Waals surface area contributed by atoms with Crippen LogP contribution in [-0.2, 0) is 21.8 Å². The molecule has 3 heterocycles. The molecule has 9 nitrogen and oxygen atoms in total. The quantitative estimate of drug-likeness (QED) is 0.458. The number of aromatic nitrogens is 4. The molecule has 2 aromatic heterocycles. The van der Waals surface area contributed by atoms with Gasteiger partial charge in [-0.1, -0.05) is 0 Å². The van der Waals surface area contributed by atoms with Gasteiger partial charge in [0.05, 0.1) is 19.3 Å². The number of aliphatic hydroxyl groups is 3. The second kappa shape index (κ2) is 5.60. The van der Waals surface area contributed by atoms with Gasteiger partial charge in [-0.15, -0.1) is 0 Å². The van der Waals surface area contributed by atoms with Crippen molar-refractivity contribution in [3.63, 3.8) is 0 Å². The van der Waals surface area contributed by atoms with E-state index in [1.807, 2.05) is 0 Å². The predicted molar refractivity (Wildman–Crippen MR) is 61.2 cm³/mol. The Bertz CT molecular complexity index is 658. The molecule has 0 bridgehead atoms. The average Bonchev–Trinajstić information content (AvgIpc) is 2.94. The zero-order chi connectivity index (χ0) is 13.6. The summed E-state index contributed by atoms with van der Waals surface area (Å²) >= 11 is 0. The fourth-order valence-corrected chi connectivity index (χ4v) is 2.16. The van der Waals surface area contributed by atoms with Crippen molar-refractivity contribution in [3.8, 4) is 0 Å². The maximum absolute atomic E-state index is 11.5. The van der Waals surface area contributed by atoms with Gasteiger partial charge in [0, 0.05) is 0 Å². The Balaban J connectivity index is 0.00000147. The van der Waals surface area contributed by atoms with Crippen LogP contribution in [0.15, 0.2) is 17.4 Å². The van der Waals surface area contributed by atoms with Gasteiger partial charge in [-0.25, -0.2) is 9.97 Å². The number of fused-ring (bicyclic) bond motifs is 1. The van der Waals surface area contributed by atoms with Gasteiger partial charge in [0.2, 0.25) is 0 Å². The molecule has 0 radical (unpaired) electrons. The standard InChI is InChI=1S/C10H12N4O5.Fe/c15-1-4-6(16)7(17)10(19-4)14-3-13-5-8(14)11-2-12-9(5)18;/h2-4,6-7,10,15-17H,1H2,(H,11,12,18);/q;+2/t4-,6-,7-,10-;/m1./s1. The van der Waals surface area contributed by atoms with E-state index in [9.17, 15) is 15.0 Å². The van der Waals surface area contributed by atoms with Crippen LogP contribution in [0.1, 0.15) is 6.23 Å². The van der Waals surface area contributed by atoms with Gasteiger partial charge in [0.15, 0.2) is 17.4 Å². The van der Waals surface area contributed by atoms with Crippen LogP contribution in [-0.4, -0.2) is 59.8 Å². The van der Waals surface area contributed by atoms with Gasteiger partial charge in [0.1, 0.15) is 18.3 Å². The van der Waals surface area contributed by atoms with E-state index in [0.29, 0.717) is 0 Å². The van der Waals surface area contributed by atoms with Gasteiger partial charge in [-0.05, 0) is 0 Å². The Morgan fingerprint density at radius 2 is 2.10 bits per heavy atom. The third-order valence-electron chi connectivity index (χ3n) is 3.16. The van der Waals surface area contributed by atoms with Gasteiger partial charge in [-0.3, -0.25) is 9.36 Å². The van der Waals surface area contributed by atoms with Crippen molar-refractivity contribution in [2.45, 2.75) is 24.5 Å². The summed E-state index contributed by atoms with van der Waals surface area (Å²) in [4.78, 5) is 21.8. The number of aromatic amines is 1. The third kappa shape index (κ3) is 2.16. The number of nitrogens with zero attached hydrogens (tertiary/aromatic N) is 3. The van der Waals surface area contributed by atoms with Crippen LogP contribution >= 0.6 is 0 Å². The molecule has 4 N–H and O–H groups in total. The topological polar surface area (TPSA) is 133 Å². The van der Waals surface area contributed by atoms with Crippen molar-refractivity contribution in [2.24, 2.45) is 0 Å². The summed E-state index contributed by atoms with van der Waals surface area (Å²) in [5, 5.41) is 28.6. The van der Waals surface area contributed by atoms with E-state index in [0.717, 1.165) is 0 Å². The molecular weight excluding hydrogens is 312 g/mol. The number of ether oxygens (including phenoxy) is 1. The molecule has 4 atom stereocenters. The SMILES string of the molecule is O=c1[nH]cnc2c1ncn2[C@@H]1O[C@H](CO)[C@@H](O)[C@H]1O.[Fe+2]. The zero-order valence-electron chi connectivity index (χ0n) is 10.0. The van der Waals surface area contributed by atoms with Gasteiger partial charge >= 0.3 is 17.1 Å². The minimum Gasteiger partial charge on any atom is -0.394 e. The van der Waals surface area contributed by atoms with Crippen LogP contribution < -0.4 is 5.56 Å². The molecule has 0 aliphatic carbocycles. The summed E-state index contributed by atoms with van der Waals surface area (Å²) in [5.74, 6) is 0. The van der Waals surface area contributed by atoms with Crippen LogP contribution in [0.25, 0.3) is 11.2 Å². The molecule has 1 aliphatic rings. The monoisotopic (exact) mass is 324 g/mol. The Morgan fingerprint density at radius 1 is 1.35 bits per heavy atom. The largest absolute Gasteiger partial charge is 2.00 e. The number of hydrogen-bond donors (Lipinski definition) is 4. The van der Waals surface area contributed by atoms with Crippen molar-refractivity contribution in [2.75, 3.05) is 6.61 Å². The molecule has 1 saturated heterocycles. The van der Waals surface area contributed by atoms with E-state index in [-0.39, 0.29) is 28.2 Å². The molecule has 1 aliphatic heterocycles. The van der Waals surface area contributed by atoms with Crippen molar-refractivity contribution in [1.82, 2.24) is 19.5 Å². The first-order chi connectivity index (χ1) is 9.13. The normalized spacial score (nSPS) is 29.6. The van der Waals surface area contributed by atoms with E-state index < -0.39 is 36.7 Å². The van der Waals surface area contributed by atoms with Crippen LogP contribution in [0, 0.1) is 0 Å². The number of H-pyrrole nitrogens is 1. The second-order valence-corrected chi connectivity index (χ2v) is 4.28. The van der Waals surface area contributed by atoms with E-state index in [1.165, 1.54) is 17.2 Å². The number of rotatable bonds is 2. The first kappa shape index (κ1) is 15.1. The van der Waals surface area contributed by atoms with Crippen LogP contribution in [0.2, 0.25) is 0 Å². The minimum atomic E-state index is -1.24. The summed E-state index contributed by atoms with van der Waals surface area (Å²) in [7, 11) is 0. The second-order valence-electron chi connectivity index (χ2n) is 4.28. The Labute approximate surface area is 122 Å². The molecule has 0 aromatic carbocycles. The zero-order valence-corrected chi connectivity index (χ0v) is 11.1. The van der Waals surface area contributed by atoms with Crippen molar-refractivity contribution in [3.05, 3.63) is 23.0 Å². The maximum Gasteiger partial charge on any atom is 2.00 e. The van der Waals surface area contributed by atoms with Crippen molar-refractivity contribution < 1.29 is 37.1 Å². The maximum atomic E-state index is 11.5. The molecular formula is C10H12FeN4O5+2. The number of aliphatic hydroxyl groups excluding tert-OH is 3. The van der Waals surface area contributed by atoms with E-state index in [4.69, 9.17) is 9.84 Å². The van der Waals surface area contributed by atoms with Gasteiger partial charge < -0.3 is 25.0 Å². The molecule has 0 spiro atoms. The summed E-state index contributed by atoms with van der Waals surface area (Å²) in [6.45, 7) is -0.421. The molecule has 10 heteroatoms. The van der Waals surface area contributed by atoms with Crippen molar-refractivity contribution >= 4 is 11.2 Å². The van der Waals surface area contributed by atoms with Crippen LogP contribution in [0.5, 0.6) is 0 Å². The summed E-state index contributed by atoms with van der Waals surface area (Å²) in [6.07, 6.45) is -1.78. The van der Waals surface area contributed by atoms with Crippen LogP contribution in [0.3, 0.4) is 0 Å². The summed E-state index contributed by atoms with van der Waals surface area (Å²) in [6, 6.07) is 0. The predicted octanol–water partition coefficient (Wildman–Crippen LogP) is -2.27. The first-order valence-electron chi connectivity index (χ1n) is 5.66. The number of imidazole rings is 1. The molecule has 1 fully saturated rings. The molecule has 0 unspecified atom stereocenters. The molecule has 2 aromatic rings. The molecule has 0 amide bonds. The Morgan fingerprint density at radius 3 is 2.75 bits per heavy atom. The fourth-order valence-electron chi connectivity index (χ4n) is 2.16. The van der Waals surface area contributed by atoms with Crippen LogP contribution in [0.4, 0.5) is 0 Å². The van der Waals surface area contributed by atoms with Gasteiger partial charge in [-0.2, -0.15) is 0 Å². The summed E-state index contributed by atoms with van der Waals surface area (Å²) in [5.41, 5.74) is -0.0608. The molecule has 3 rings (SSSR count). The third-order valence-corrected chi connectivity index (χ3v) is 3.16. The van der Waals surface area contributed by atoms with E-state index >= 15 is 0 Å². The smallest absolute Gasteiger partial charge is 0.394 e. The fraction of sp³-hybridized carbons (Fsp3) is 0.500. The minimum absolute atomic E-state index is 0. The van der Waals surface area contributed by atoms with Crippen molar-refractivity contribution in [1.29, 1.82) is 0 Å². The molecule has 0 saturated carbocycles. The van der Waals surface area contributed by atoms with E-state index in [2.05, 4.69) is 15.0 Å². The Hall–Kier alpha value is -1.29.